The van der Waals surface area contributed by atoms with Gasteiger partial charge in [-0.05, 0) is 37.1 Å². The molecule has 2 amide bonds. The van der Waals surface area contributed by atoms with Crippen molar-refractivity contribution in [3.05, 3.63) is 68.0 Å². The highest BCUT2D eigenvalue weighted by molar-refractivity contribution is 9.10. The van der Waals surface area contributed by atoms with Gasteiger partial charge in [-0.25, -0.2) is 9.49 Å². The Bertz CT molecular complexity index is 1250. The highest BCUT2D eigenvalue weighted by Crippen LogP contribution is 2.41. The zero-order valence-electron chi connectivity index (χ0n) is 15.6. The third-order valence-electron chi connectivity index (χ3n) is 5.36. The Morgan fingerprint density at radius 1 is 1.13 bits per heavy atom. The average Bonchev–Trinajstić information content (AvgIpc) is 3.42. The summed E-state index contributed by atoms with van der Waals surface area (Å²) in [5.74, 6) is -0.622. The van der Waals surface area contributed by atoms with E-state index in [1.165, 1.54) is 0 Å². The molecule has 1 fully saturated rings. The number of benzene rings is 2. The second kappa shape index (κ2) is 6.73. The van der Waals surface area contributed by atoms with Gasteiger partial charge in [0.05, 0.1) is 28.8 Å². The molecule has 0 bridgehead atoms. The van der Waals surface area contributed by atoms with Crippen LogP contribution in [0.25, 0.3) is 10.8 Å². The lowest BCUT2D eigenvalue weighted by Crippen LogP contribution is -2.30. The quantitative estimate of drug-likeness (QED) is 0.575. The number of carbonyl (C=O) groups is 2. The summed E-state index contributed by atoms with van der Waals surface area (Å²) in [7, 11) is 0. The first-order chi connectivity index (χ1) is 14.4. The van der Waals surface area contributed by atoms with Crippen molar-refractivity contribution in [1.29, 1.82) is 0 Å². The topological polar surface area (TPSA) is 92.4 Å². The molecule has 0 unspecified atom stereocenters. The van der Waals surface area contributed by atoms with E-state index in [1.54, 1.807) is 36.4 Å². The summed E-state index contributed by atoms with van der Waals surface area (Å²) in [5, 5.41) is 7.09. The molecule has 9 heteroatoms. The third kappa shape index (κ3) is 3.09. The second-order valence-electron chi connectivity index (χ2n) is 7.51. The van der Waals surface area contributed by atoms with Crippen molar-refractivity contribution in [3.8, 4) is 5.75 Å². The standard InChI is InChI=1S/C21H15BrFN3O4/c22-11-7-14-15(9-26-19(28)12-3-1-2-4-13(12)20(26)29)24-25-18(27)17(14)16(8-11)30-10-21(23)5-6-21/h1-4,7-8H,5-6,9-10H2,(H,25,27). The Morgan fingerprint density at radius 2 is 1.80 bits per heavy atom. The maximum absolute atomic E-state index is 14.0. The minimum Gasteiger partial charge on any atom is -0.489 e. The summed E-state index contributed by atoms with van der Waals surface area (Å²) in [6.45, 7) is -0.267. The summed E-state index contributed by atoms with van der Waals surface area (Å²) in [4.78, 5) is 39.0. The van der Waals surface area contributed by atoms with Gasteiger partial charge in [0.15, 0.2) is 0 Å². The molecule has 5 rings (SSSR count). The normalized spacial score (nSPS) is 16.8. The van der Waals surface area contributed by atoms with Crippen molar-refractivity contribution < 1.29 is 18.7 Å². The molecular formula is C21H15BrFN3O4. The summed E-state index contributed by atoms with van der Waals surface area (Å²) in [6.07, 6.45) is 0.865. The van der Waals surface area contributed by atoms with Crippen LogP contribution >= 0.6 is 15.9 Å². The molecular weight excluding hydrogens is 457 g/mol. The van der Waals surface area contributed by atoms with Crippen LogP contribution in [-0.4, -0.2) is 39.2 Å². The molecule has 152 valence electrons. The summed E-state index contributed by atoms with van der Waals surface area (Å²) in [6, 6.07) is 9.84. The predicted octanol–water partition coefficient (Wildman–Crippen LogP) is 3.36. The number of carbonyl (C=O) groups excluding carboxylic acids is 2. The predicted molar refractivity (Wildman–Crippen MR) is 109 cm³/mol. The van der Waals surface area contributed by atoms with E-state index in [2.05, 4.69) is 26.1 Å². The van der Waals surface area contributed by atoms with Gasteiger partial charge in [-0.3, -0.25) is 19.3 Å². The van der Waals surface area contributed by atoms with Crippen molar-refractivity contribution in [3.63, 3.8) is 0 Å². The molecule has 1 aliphatic carbocycles. The van der Waals surface area contributed by atoms with E-state index < -0.39 is 23.0 Å². The SMILES string of the molecule is O=C1c2ccccc2C(=O)N1Cc1n[nH]c(=O)c2c(OCC3(F)CC3)cc(Br)cc12. The lowest BCUT2D eigenvalue weighted by Gasteiger charge is -2.16. The van der Waals surface area contributed by atoms with Gasteiger partial charge in [0.2, 0.25) is 0 Å². The number of aromatic amines is 1. The molecule has 1 saturated carbocycles. The van der Waals surface area contributed by atoms with Crippen LogP contribution in [0.1, 0.15) is 39.3 Å². The van der Waals surface area contributed by atoms with Crippen LogP contribution in [0.3, 0.4) is 0 Å². The van der Waals surface area contributed by atoms with E-state index in [4.69, 9.17) is 4.74 Å². The summed E-state index contributed by atoms with van der Waals surface area (Å²) < 4.78 is 20.3. The number of hydrogen-bond donors (Lipinski definition) is 1. The molecule has 0 atom stereocenters. The minimum atomic E-state index is -1.35. The number of alkyl halides is 1. The van der Waals surface area contributed by atoms with Crippen LogP contribution in [0.4, 0.5) is 4.39 Å². The highest BCUT2D eigenvalue weighted by Gasteiger charge is 2.44. The lowest BCUT2D eigenvalue weighted by molar-refractivity contribution is 0.0640. The molecule has 1 N–H and O–H groups in total. The van der Waals surface area contributed by atoms with Crippen molar-refractivity contribution in [2.45, 2.75) is 25.1 Å². The van der Waals surface area contributed by atoms with Crippen LogP contribution < -0.4 is 10.3 Å². The van der Waals surface area contributed by atoms with E-state index in [0.29, 0.717) is 39.5 Å². The number of aromatic nitrogens is 2. The Morgan fingerprint density at radius 3 is 2.43 bits per heavy atom. The Kier molecular flexibility index (Phi) is 4.25. The molecule has 2 aliphatic rings. The van der Waals surface area contributed by atoms with Gasteiger partial charge in [0.1, 0.15) is 18.0 Å². The Labute approximate surface area is 178 Å². The Hall–Kier alpha value is -3.07. The lowest BCUT2D eigenvalue weighted by atomic mass is 10.1. The molecule has 2 aromatic carbocycles. The number of ether oxygens (including phenoxy) is 1. The van der Waals surface area contributed by atoms with Gasteiger partial charge < -0.3 is 4.74 Å². The zero-order chi connectivity index (χ0) is 21.0. The van der Waals surface area contributed by atoms with Gasteiger partial charge in [-0.1, -0.05) is 28.1 Å². The van der Waals surface area contributed by atoms with E-state index in [-0.39, 0.29) is 24.3 Å². The van der Waals surface area contributed by atoms with Gasteiger partial charge in [0, 0.05) is 9.86 Å². The molecule has 0 saturated heterocycles. The monoisotopic (exact) mass is 471 g/mol. The molecule has 1 aromatic heterocycles. The van der Waals surface area contributed by atoms with Gasteiger partial charge in [-0.15, -0.1) is 0 Å². The average molecular weight is 472 g/mol. The third-order valence-corrected chi connectivity index (χ3v) is 5.82. The van der Waals surface area contributed by atoms with Crippen molar-refractivity contribution >= 4 is 38.5 Å². The van der Waals surface area contributed by atoms with E-state index in [0.717, 1.165) is 4.90 Å². The molecule has 1 aliphatic heterocycles. The number of imide groups is 1. The maximum Gasteiger partial charge on any atom is 0.275 e. The number of fused-ring (bicyclic) bond motifs is 2. The first-order valence-electron chi connectivity index (χ1n) is 9.34. The number of nitrogens with zero attached hydrogens (tertiary/aromatic N) is 2. The first kappa shape index (κ1) is 18.9. The smallest absolute Gasteiger partial charge is 0.275 e. The second-order valence-corrected chi connectivity index (χ2v) is 8.42. The molecule has 0 spiro atoms. The fourth-order valence-corrected chi connectivity index (χ4v) is 3.97. The van der Waals surface area contributed by atoms with Gasteiger partial charge >= 0.3 is 0 Å². The van der Waals surface area contributed by atoms with Crippen molar-refractivity contribution in [2.24, 2.45) is 0 Å². The number of halogens is 2. The van der Waals surface area contributed by atoms with E-state index in [9.17, 15) is 18.8 Å². The fourth-order valence-electron chi connectivity index (χ4n) is 3.53. The van der Waals surface area contributed by atoms with Crippen LogP contribution in [-0.2, 0) is 6.54 Å². The number of hydrogen-bond acceptors (Lipinski definition) is 5. The van der Waals surface area contributed by atoms with Crippen molar-refractivity contribution in [1.82, 2.24) is 15.1 Å². The summed E-state index contributed by atoms with van der Waals surface area (Å²) >= 11 is 3.38. The number of rotatable bonds is 5. The first-order valence-corrected chi connectivity index (χ1v) is 10.1. The number of H-pyrrole nitrogens is 1. The van der Waals surface area contributed by atoms with Gasteiger partial charge in [-0.2, -0.15) is 5.10 Å². The summed E-state index contributed by atoms with van der Waals surface area (Å²) in [5.41, 5.74) is -0.857. The van der Waals surface area contributed by atoms with Crippen LogP contribution in [0.2, 0.25) is 0 Å². The molecule has 3 aromatic rings. The van der Waals surface area contributed by atoms with Crippen LogP contribution in [0.5, 0.6) is 5.75 Å². The molecule has 2 heterocycles. The van der Waals surface area contributed by atoms with Crippen LogP contribution in [0.15, 0.2) is 45.7 Å². The van der Waals surface area contributed by atoms with E-state index >= 15 is 0 Å². The zero-order valence-corrected chi connectivity index (χ0v) is 17.2. The molecule has 30 heavy (non-hydrogen) atoms. The minimum absolute atomic E-state index is 0.122. The molecule has 7 nitrogen and oxygen atoms in total. The van der Waals surface area contributed by atoms with Crippen LogP contribution in [0, 0.1) is 0 Å². The number of amides is 2. The van der Waals surface area contributed by atoms with Gasteiger partial charge in [0.25, 0.3) is 17.4 Å². The van der Waals surface area contributed by atoms with E-state index in [1.807, 2.05) is 0 Å². The van der Waals surface area contributed by atoms with Crippen molar-refractivity contribution in [2.75, 3.05) is 6.61 Å². The Balaban J connectivity index is 1.55. The number of nitrogens with one attached hydrogen (secondary N) is 1. The maximum atomic E-state index is 14.0. The largest absolute Gasteiger partial charge is 0.489 e. The molecule has 0 radical (unpaired) electrons. The fraction of sp³-hybridized carbons (Fsp3) is 0.238. The highest BCUT2D eigenvalue weighted by atomic mass is 79.9.